The zero-order chi connectivity index (χ0) is 22.9. The van der Waals surface area contributed by atoms with Crippen molar-refractivity contribution < 1.29 is 8.81 Å². The predicted octanol–water partition coefficient (Wildman–Crippen LogP) is 6.46. The fourth-order valence-corrected chi connectivity index (χ4v) is 3.67. The lowest BCUT2D eigenvalue weighted by molar-refractivity contribution is 0.608. The van der Waals surface area contributed by atoms with Crippen molar-refractivity contribution in [1.29, 1.82) is 0 Å². The maximum Gasteiger partial charge on any atom is 0.249 e. The monoisotopic (exact) mass is 448 g/mol. The Hall–Kier alpha value is -4.85. The second-order valence-corrected chi connectivity index (χ2v) is 7.62. The molecule has 0 fully saturated rings. The Kier molecular flexibility index (Phi) is 4.81. The van der Waals surface area contributed by atoms with Gasteiger partial charge < -0.3 is 15.1 Å². The van der Waals surface area contributed by atoms with Gasteiger partial charge in [0, 0.05) is 46.6 Å². The molecule has 0 unspecified atom stereocenters. The Balaban J connectivity index is 1.25. The molecule has 34 heavy (non-hydrogen) atoms. The average molecular weight is 448 g/mol. The molecule has 4 aromatic heterocycles. The summed E-state index contributed by atoms with van der Waals surface area (Å²) in [4.78, 5) is 17.4. The summed E-state index contributed by atoms with van der Waals surface area (Å²) < 4.78 is 19.7. The first kappa shape index (κ1) is 19.8. The molecule has 0 radical (unpaired) electrons. The van der Waals surface area contributed by atoms with Gasteiger partial charge in [0.1, 0.15) is 17.2 Å². The zero-order valence-electron chi connectivity index (χ0n) is 17.7. The zero-order valence-corrected chi connectivity index (χ0v) is 17.7. The van der Waals surface area contributed by atoms with Gasteiger partial charge in [0.2, 0.25) is 11.6 Å². The van der Waals surface area contributed by atoms with Crippen molar-refractivity contribution in [3.8, 4) is 11.5 Å². The summed E-state index contributed by atoms with van der Waals surface area (Å²) in [6.45, 7) is 0. The van der Waals surface area contributed by atoms with Crippen molar-refractivity contribution in [2.24, 2.45) is 0 Å². The molecule has 2 N–H and O–H groups in total. The van der Waals surface area contributed by atoms with Crippen molar-refractivity contribution in [3.05, 3.63) is 97.2 Å². The number of aromatic nitrogens is 4. The van der Waals surface area contributed by atoms with Crippen LogP contribution in [-0.2, 0) is 0 Å². The summed E-state index contributed by atoms with van der Waals surface area (Å²) in [5, 5.41) is 7.26. The second-order valence-electron chi connectivity index (χ2n) is 7.62. The van der Waals surface area contributed by atoms with Crippen molar-refractivity contribution in [2.45, 2.75) is 0 Å². The molecule has 0 spiro atoms. The Bertz CT molecular complexity index is 1620. The van der Waals surface area contributed by atoms with Crippen LogP contribution in [0.4, 0.5) is 27.3 Å². The highest BCUT2D eigenvalue weighted by Gasteiger charge is 2.11. The Labute approximate surface area is 193 Å². The van der Waals surface area contributed by atoms with Gasteiger partial charge in [0.05, 0.1) is 5.52 Å². The summed E-state index contributed by atoms with van der Waals surface area (Å²) in [6, 6.07) is 21.4. The van der Waals surface area contributed by atoms with E-state index in [1.165, 1.54) is 12.1 Å². The third kappa shape index (κ3) is 3.88. The van der Waals surface area contributed by atoms with Crippen LogP contribution in [0.25, 0.3) is 33.6 Å². The summed E-state index contributed by atoms with van der Waals surface area (Å²) in [5.74, 6) is 0.830. The fourth-order valence-electron chi connectivity index (χ4n) is 3.67. The number of anilines is 4. The van der Waals surface area contributed by atoms with E-state index in [9.17, 15) is 4.39 Å². The number of hydrogen-bond acceptors (Lipinski definition) is 7. The van der Waals surface area contributed by atoms with E-state index >= 15 is 0 Å². The van der Waals surface area contributed by atoms with Gasteiger partial charge in [-0.25, -0.2) is 9.37 Å². The molecule has 8 heteroatoms. The van der Waals surface area contributed by atoms with Crippen LogP contribution in [0.15, 0.2) is 95.8 Å². The minimum atomic E-state index is -0.303. The number of benzene rings is 2. The molecular weight excluding hydrogens is 431 g/mol. The first-order valence-electron chi connectivity index (χ1n) is 10.6. The van der Waals surface area contributed by atoms with Gasteiger partial charge in [0.15, 0.2) is 0 Å². The smallest absolute Gasteiger partial charge is 0.249 e. The molecule has 6 aromatic rings. The highest BCUT2D eigenvalue weighted by Crippen LogP contribution is 2.29. The van der Waals surface area contributed by atoms with E-state index in [0.717, 1.165) is 28.1 Å². The van der Waals surface area contributed by atoms with Crippen LogP contribution in [0.2, 0.25) is 0 Å². The quantitative estimate of drug-likeness (QED) is 0.313. The minimum Gasteiger partial charge on any atom is -0.418 e. The molecular formula is C26H17FN6O. The minimum absolute atomic E-state index is 0.303. The summed E-state index contributed by atoms with van der Waals surface area (Å²) in [6.07, 6.45) is 5.11. The molecule has 6 rings (SSSR count). The van der Waals surface area contributed by atoms with E-state index in [-0.39, 0.29) is 5.82 Å². The molecule has 0 amide bonds. The highest BCUT2D eigenvalue weighted by molar-refractivity contribution is 5.92. The van der Waals surface area contributed by atoms with E-state index < -0.39 is 0 Å². The third-order valence-corrected chi connectivity index (χ3v) is 5.32. The number of rotatable bonds is 5. The predicted molar refractivity (Wildman–Crippen MR) is 130 cm³/mol. The van der Waals surface area contributed by atoms with Crippen LogP contribution in [0.5, 0.6) is 0 Å². The summed E-state index contributed by atoms with van der Waals surface area (Å²) >= 11 is 0. The van der Waals surface area contributed by atoms with Crippen LogP contribution in [0.1, 0.15) is 0 Å². The van der Waals surface area contributed by atoms with Gasteiger partial charge in [-0.1, -0.05) is 0 Å². The average Bonchev–Trinajstić information content (AvgIpc) is 3.29. The van der Waals surface area contributed by atoms with Crippen molar-refractivity contribution in [3.63, 3.8) is 0 Å². The highest BCUT2D eigenvalue weighted by atomic mass is 19.1. The molecule has 7 nitrogen and oxygen atoms in total. The first-order chi connectivity index (χ1) is 16.7. The number of hydrogen-bond donors (Lipinski definition) is 2. The van der Waals surface area contributed by atoms with E-state index in [1.54, 1.807) is 24.7 Å². The molecule has 0 aliphatic carbocycles. The number of nitrogens with zero attached hydrogens (tertiary/aromatic N) is 4. The third-order valence-electron chi connectivity index (χ3n) is 5.32. The molecule has 0 aliphatic rings. The van der Waals surface area contributed by atoms with Crippen molar-refractivity contribution in [1.82, 2.24) is 19.9 Å². The topological polar surface area (TPSA) is 88.8 Å². The number of nitrogens with one attached hydrogen (secondary N) is 2. The molecule has 4 heterocycles. The molecule has 2 aromatic carbocycles. The van der Waals surface area contributed by atoms with Crippen molar-refractivity contribution >= 4 is 45.0 Å². The largest absolute Gasteiger partial charge is 0.418 e. The molecule has 0 aliphatic heterocycles. The van der Waals surface area contributed by atoms with E-state index in [4.69, 9.17) is 4.42 Å². The maximum absolute atomic E-state index is 13.7. The number of fused-ring (bicyclic) bond motifs is 2. The number of halogens is 1. The van der Waals surface area contributed by atoms with E-state index in [2.05, 4.69) is 30.6 Å². The van der Waals surface area contributed by atoms with Crippen LogP contribution in [-0.4, -0.2) is 19.9 Å². The molecule has 0 saturated carbocycles. The standard InChI is InChI=1S/C26H17FN6O/c27-17-3-6-21-20(15-17)22(11-14-29-21)30-18-4-1-16(2-5-18)25-32-23-7-8-24(33-26(23)34-25)31-19-9-12-28-13-10-19/h1-15H,(H,29,30)(H,28,31,33). The van der Waals surface area contributed by atoms with E-state index in [0.29, 0.717) is 28.3 Å². The Morgan fingerprint density at radius 1 is 0.706 bits per heavy atom. The molecule has 164 valence electrons. The van der Waals surface area contributed by atoms with Crippen LogP contribution < -0.4 is 10.6 Å². The number of pyridine rings is 3. The van der Waals surface area contributed by atoms with Gasteiger partial charge in [-0.3, -0.25) is 9.97 Å². The Morgan fingerprint density at radius 3 is 2.35 bits per heavy atom. The van der Waals surface area contributed by atoms with Crippen LogP contribution >= 0.6 is 0 Å². The van der Waals surface area contributed by atoms with Crippen LogP contribution in [0, 0.1) is 5.82 Å². The van der Waals surface area contributed by atoms with Crippen molar-refractivity contribution in [2.75, 3.05) is 10.6 Å². The van der Waals surface area contributed by atoms with Gasteiger partial charge in [-0.2, -0.15) is 4.98 Å². The summed E-state index contributed by atoms with van der Waals surface area (Å²) in [5.41, 5.74) is 5.16. The van der Waals surface area contributed by atoms with Crippen LogP contribution in [0.3, 0.4) is 0 Å². The molecule has 0 saturated heterocycles. The Morgan fingerprint density at radius 2 is 1.50 bits per heavy atom. The van der Waals surface area contributed by atoms with Gasteiger partial charge >= 0.3 is 0 Å². The fraction of sp³-hybridized carbons (Fsp3) is 0. The first-order valence-corrected chi connectivity index (χ1v) is 10.6. The van der Waals surface area contributed by atoms with Gasteiger partial charge in [0.25, 0.3) is 0 Å². The van der Waals surface area contributed by atoms with Gasteiger partial charge in [-0.05, 0) is 72.8 Å². The van der Waals surface area contributed by atoms with Gasteiger partial charge in [-0.15, -0.1) is 0 Å². The lowest BCUT2D eigenvalue weighted by Gasteiger charge is -2.10. The maximum atomic E-state index is 13.7. The molecule has 0 bridgehead atoms. The second kappa shape index (κ2) is 8.25. The number of oxazole rings is 1. The summed E-state index contributed by atoms with van der Waals surface area (Å²) in [7, 11) is 0. The SMILES string of the molecule is Fc1ccc2nccc(Nc3ccc(-c4nc5ccc(Nc6ccncc6)nc5o4)cc3)c2c1. The normalized spacial score (nSPS) is 11.1. The lowest BCUT2D eigenvalue weighted by atomic mass is 10.1. The lowest BCUT2D eigenvalue weighted by Crippen LogP contribution is -1.93. The van der Waals surface area contributed by atoms with E-state index in [1.807, 2.05) is 54.6 Å². The molecule has 0 atom stereocenters.